The highest BCUT2D eigenvalue weighted by molar-refractivity contribution is 5.77. The largest absolute Gasteiger partial charge is 0.412 e. The fourth-order valence-electron chi connectivity index (χ4n) is 2.02. The van der Waals surface area contributed by atoms with Gasteiger partial charge < -0.3 is 10.2 Å². The van der Waals surface area contributed by atoms with E-state index in [1.807, 2.05) is 0 Å². The summed E-state index contributed by atoms with van der Waals surface area (Å²) in [5, 5.41) is 3.07. The number of amides is 1. The number of carbonyl (C=O) groups is 1. The molecule has 0 saturated carbocycles. The Labute approximate surface area is 97.7 Å². The molecule has 1 amide bonds. The van der Waals surface area contributed by atoms with Crippen LogP contribution in [0.1, 0.15) is 12.8 Å². The van der Waals surface area contributed by atoms with Crippen LogP contribution in [0.25, 0.3) is 0 Å². The Morgan fingerprint density at radius 3 is 2.59 bits per heavy atom. The van der Waals surface area contributed by atoms with Gasteiger partial charge in [0.05, 0.1) is 0 Å². The summed E-state index contributed by atoms with van der Waals surface area (Å²) in [4.78, 5) is 13.3. The van der Waals surface area contributed by atoms with Crippen LogP contribution in [0.5, 0.6) is 0 Å². The van der Waals surface area contributed by atoms with Crippen molar-refractivity contribution in [2.75, 3.05) is 26.2 Å². The normalized spacial score (nSPS) is 22.1. The zero-order chi connectivity index (χ0) is 12.5. The minimum absolute atomic E-state index is 0.0334. The van der Waals surface area contributed by atoms with Crippen molar-refractivity contribution in [1.82, 2.24) is 10.2 Å². The van der Waals surface area contributed by atoms with Gasteiger partial charge in [-0.2, -0.15) is 13.2 Å². The van der Waals surface area contributed by atoms with E-state index < -0.39 is 11.7 Å². The van der Waals surface area contributed by atoms with Gasteiger partial charge in [0.25, 0.3) is 0 Å². The molecule has 0 aromatic carbocycles. The Morgan fingerprint density at radius 1 is 1.47 bits per heavy atom. The smallest absolute Gasteiger partial charge is 0.339 e. The quantitative estimate of drug-likeness (QED) is 0.747. The van der Waals surface area contributed by atoms with E-state index >= 15 is 0 Å². The van der Waals surface area contributed by atoms with Crippen LogP contribution in [0, 0.1) is 5.92 Å². The lowest BCUT2D eigenvalue weighted by Crippen LogP contribution is -2.46. The maximum Gasteiger partial charge on any atom is 0.412 e. The minimum Gasteiger partial charge on any atom is -0.339 e. The van der Waals surface area contributed by atoms with Crippen LogP contribution >= 0.6 is 0 Å². The second kappa shape index (κ2) is 4.68. The number of hydrogen-bond donors (Lipinski definition) is 1. The highest BCUT2D eigenvalue weighted by Crippen LogP contribution is 2.30. The molecule has 0 unspecified atom stereocenters. The molecule has 0 bridgehead atoms. The van der Waals surface area contributed by atoms with E-state index in [1.165, 1.54) is 4.90 Å². The number of carbonyl (C=O) groups excluding carboxylic acids is 1. The molecule has 0 aromatic rings. The molecule has 6 heteroatoms. The van der Waals surface area contributed by atoms with Crippen LogP contribution in [0.2, 0.25) is 0 Å². The monoisotopic (exact) mass is 248 g/mol. The van der Waals surface area contributed by atoms with Crippen molar-refractivity contribution in [1.29, 1.82) is 0 Å². The summed E-state index contributed by atoms with van der Waals surface area (Å²) in [6, 6.07) is 0. The van der Waals surface area contributed by atoms with Crippen molar-refractivity contribution in [2.24, 2.45) is 5.92 Å². The molecule has 1 fully saturated rings. The highest BCUT2D eigenvalue weighted by Gasteiger charge is 2.35. The lowest BCUT2D eigenvalue weighted by atomic mass is 9.98. The van der Waals surface area contributed by atoms with Gasteiger partial charge in [0, 0.05) is 25.1 Å². The van der Waals surface area contributed by atoms with E-state index in [0.29, 0.717) is 12.3 Å². The van der Waals surface area contributed by atoms with Gasteiger partial charge in [-0.1, -0.05) is 6.08 Å². The van der Waals surface area contributed by atoms with Crippen LogP contribution in [-0.4, -0.2) is 43.2 Å². The van der Waals surface area contributed by atoms with E-state index in [1.54, 1.807) is 0 Å². The molecule has 2 aliphatic heterocycles. The molecule has 2 aliphatic rings. The molecule has 96 valence electrons. The molecule has 0 aromatic heterocycles. The van der Waals surface area contributed by atoms with Gasteiger partial charge >= 0.3 is 6.18 Å². The predicted octanol–water partition coefficient (Wildman–Crippen LogP) is 1.32. The second-order valence-corrected chi connectivity index (χ2v) is 4.55. The summed E-state index contributed by atoms with van der Waals surface area (Å²) in [6.45, 7) is 1.95. The summed E-state index contributed by atoms with van der Waals surface area (Å²) in [7, 11) is 0. The molecule has 1 saturated heterocycles. The summed E-state index contributed by atoms with van der Waals surface area (Å²) in [6.07, 6.45) is -2.76. The van der Waals surface area contributed by atoms with Gasteiger partial charge in [-0.05, 0) is 25.4 Å². The minimum atomic E-state index is -4.24. The Hall–Kier alpha value is -1.04. The fourth-order valence-corrected chi connectivity index (χ4v) is 2.02. The van der Waals surface area contributed by atoms with Gasteiger partial charge in [0.2, 0.25) is 5.91 Å². The van der Waals surface area contributed by atoms with E-state index in [9.17, 15) is 18.0 Å². The van der Waals surface area contributed by atoms with Crippen molar-refractivity contribution in [3.8, 4) is 0 Å². The molecule has 1 N–H and O–H groups in total. The summed E-state index contributed by atoms with van der Waals surface area (Å²) in [5.74, 6) is 0.324. The SMILES string of the molecule is O=C(CC1CNC1)N1CC=C(C(F)(F)F)CC1. The zero-order valence-electron chi connectivity index (χ0n) is 9.39. The van der Waals surface area contributed by atoms with E-state index in [2.05, 4.69) is 5.32 Å². The Kier molecular flexibility index (Phi) is 3.42. The summed E-state index contributed by atoms with van der Waals surface area (Å²) >= 11 is 0. The molecular formula is C11H15F3N2O. The van der Waals surface area contributed by atoms with Crippen molar-refractivity contribution in [3.05, 3.63) is 11.6 Å². The van der Waals surface area contributed by atoms with Gasteiger partial charge in [-0.3, -0.25) is 4.79 Å². The standard InChI is InChI=1S/C11H15F3N2O/c12-11(13,14)9-1-3-16(4-2-9)10(17)5-8-6-15-7-8/h1,8,15H,2-7H2. The maximum absolute atomic E-state index is 12.4. The fraction of sp³-hybridized carbons (Fsp3) is 0.727. The average molecular weight is 248 g/mol. The lowest BCUT2D eigenvalue weighted by molar-refractivity contribution is -0.133. The number of nitrogens with one attached hydrogen (secondary N) is 1. The lowest BCUT2D eigenvalue weighted by Gasteiger charge is -2.31. The Morgan fingerprint density at radius 2 is 2.18 bits per heavy atom. The number of halogens is 3. The van der Waals surface area contributed by atoms with E-state index in [0.717, 1.165) is 19.2 Å². The molecule has 17 heavy (non-hydrogen) atoms. The number of alkyl halides is 3. The van der Waals surface area contributed by atoms with Crippen LogP contribution in [-0.2, 0) is 4.79 Å². The molecule has 0 radical (unpaired) electrons. The number of rotatable bonds is 2. The molecule has 2 heterocycles. The second-order valence-electron chi connectivity index (χ2n) is 4.55. The van der Waals surface area contributed by atoms with Crippen LogP contribution in [0.15, 0.2) is 11.6 Å². The maximum atomic E-state index is 12.4. The van der Waals surface area contributed by atoms with Crippen molar-refractivity contribution >= 4 is 5.91 Å². The molecular weight excluding hydrogens is 233 g/mol. The molecule has 3 nitrogen and oxygen atoms in total. The summed E-state index contributed by atoms with van der Waals surface area (Å²) in [5.41, 5.74) is -0.508. The predicted molar refractivity (Wildman–Crippen MR) is 56.3 cm³/mol. The first-order chi connectivity index (χ1) is 7.97. The van der Waals surface area contributed by atoms with Gasteiger partial charge in [-0.25, -0.2) is 0 Å². The van der Waals surface area contributed by atoms with E-state index in [-0.39, 0.29) is 25.4 Å². The van der Waals surface area contributed by atoms with Gasteiger partial charge in [0.15, 0.2) is 0 Å². The number of hydrogen-bond acceptors (Lipinski definition) is 2. The van der Waals surface area contributed by atoms with Crippen molar-refractivity contribution in [3.63, 3.8) is 0 Å². The first-order valence-corrected chi connectivity index (χ1v) is 5.71. The van der Waals surface area contributed by atoms with Gasteiger partial charge in [0.1, 0.15) is 0 Å². The van der Waals surface area contributed by atoms with Crippen molar-refractivity contribution < 1.29 is 18.0 Å². The molecule has 0 aliphatic carbocycles. The first-order valence-electron chi connectivity index (χ1n) is 5.71. The van der Waals surface area contributed by atoms with Crippen LogP contribution < -0.4 is 5.32 Å². The number of nitrogens with zero attached hydrogens (tertiary/aromatic N) is 1. The van der Waals surface area contributed by atoms with E-state index in [4.69, 9.17) is 0 Å². The van der Waals surface area contributed by atoms with Crippen LogP contribution in [0.4, 0.5) is 13.2 Å². The zero-order valence-corrected chi connectivity index (χ0v) is 9.39. The first kappa shape index (κ1) is 12.4. The third-order valence-corrected chi connectivity index (χ3v) is 3.26. The Bertz CT molecular complexity index is 334. The molecule has 0 spiro atoms. The molecule has 2 rings (SSSR count). The van der Waals surface area contributed by atoms with Crippen LogP contribution in [0.3, 0.4) is 0 Å². The third kappa shape index (κ3) is 3.00. The summed E-state index contributed by atoms with van der Waals surface area (Å²) < 4.78 is 37.1. The van der Waals surface area contributed by atoms with Crippen molar-refractivity contribution in [2.45, 2.75) is 19.0 Å². The van der Waals surface area contributed by atoms with Gasteiger partial charge in [-0.15, -0.1) is 0 Å². The Balaban J connectivity index is 1.85. The average Bonchev–Trinajstić information content (AvgIpc) is 2.22. The molecule has 0 atom stereocenters. The topological polar surface area (TPSA) is 32.3 Å². The third-order valence-electron chi connectivity index (χ3n) is 3.26. The highest BCUT2D eigenvalue weighted by atomic mass is 19.4.